The van der Waals surface area contributed by atoms with Crippen LogP contribution in [0.25, 0.3) is 0 Å². The lowest BCUT2D eigenvalue weighted by molar-refractivity contribution is -0.0244. The maximum atomic E-state index is 12.9. The number of nitrogens with one attached hydrogen (secondary N) is 1. The van der Waals surface area contributed by atoms with Gasteiger partial charge in [-0.25, -0.2) is 4.79 Å². The molecule has 3 rings (SSSR count). The number of carbonyl (C=O) groups is 1. The molecular formula is C20H30N2O2. The Morgan fingerprint density at radius 1 is 1.38 bits per heavy atom. The van der Waals surface area contributed by atoms with Crippen molar-refractivity contribution in [3.63, 3.8) is 0 Å². The van der Waals surface area contributed by atoms with E-state index in [9.17, 15) is 4.79 Å². The SMILES string of the molecule is CCc1cccc(C)c1NC(=O)N1CCC[C@]2(CCC[C@H]2OC)C1. The summed E-state index contributed by atoms with van der Waals surface area (Å²) in [6.45, 7) is 5.86. The van der Waals surface area contributed by atoms with Gasteiger partial charge >= 0.3 is 6.03 Å². The molecule has 1 aliphatic carbocycles. The first kappa shape index (κ1) is 17.3. The third kappa shape index (κ3) is 3.16. The molecule has 0 aromatic heterocycles. The van der Waals surface area contributed by atoms with E-state index in [0.29, 0.717) is 6.10 Å². The van der Waals surface area contributed by atoms with Crippen molar-refractivity contribution in [3.05, 3.63) is 29.3 Å². The minimum Gasteiger partial charge on any atom is -0.381 e. The molecule has 1 N–H and O–H groups in total. The highest BCUT2D eigenvalue weighted by Gasteiger charge is 2.46. The summed E-state index contributed by atoms with van der Waals surface area (Å²) >= 11 is 0. The number of aryl methyl sites for hydroxylation is 2. The molecular weight excluding hydrogens is 300 g/mol. The molecule has 0 unspecified atom stereocenters. The van der Waals surface area contributed by atoms with Crippen molar-refractivity contribution in [2.24, 2.45) is 5.41 Å². The number of carbonyl (C=O) groups excluding carboxylic acids is 1. The topological polar surface area (TPSA) is 41.6 Å². The van der Waals surface area contributed by atoms with E-state index in [-0.39, 0.29) is 11.4 Å². The molecule has 0 radical (unpaired) electrons. The van der Waals surface area contributed by atoms with Crippen LogP contribution in [0.4, 0.5) is 10.5 Å². The number of methoxy groups -OCH3 is 1. The largest absolute Gasteiger partial charge is 0.381 e. The molecule has 1 heterocycles. The summed E-state index contributed by atoms with van der Waals surface area (Å²) in [5.41, 5.74) is 3.49. The fourth-order valence-electron chi connectivity index (χ4n) is 4.66. The van der Waals surface area contributed by atoms with Gasteiger partial charge in [0.2, 0.25) is 0 Å². The average molecular weight is 330 g/mol. The second kappa shape index (κ2) is 7.14. The third-order valence-electron chi connectivity index (χ3n) is 5.98. The molecule has 132 valence electrons. The molecule has 1 aliphatic heterocycles. The van der Waals surface area contributed by atoms with Crippen molar-refractivity contribution in [1.29, 1.82) is 0 Å². The standard InChI is InChI=1S/C20H30N2O2/c1-4-16-9-5-8-15(2)18(16)21-19(23)22-13-7-12-20(14-22)11-6-10-17(20)24-3/h5,8-9,17H,4,6-7,10-14H2,1-3H3,(H,21,23)/t17-,20-/m1/s1. The predicted octanol–water partition coefficient (Wildman–Crippen LogP) is 4.37. The third-order valence-corrected chi connectivity index (χ3v) is 5.98. The Morgan fingerprint density at radius 2 is 2.17 bits per heavy atom. The van der Waals surface area contributed by atoms with E-state index in [2.05, 4.69) is 37.4 Å². The molecule has 2 atom stereocenters. The highest BCUT2D eigenvalue weighted by Crippen LogP contribution is 2.46. The lowest BCUT2D eigenvalue weighted by Gasteiger charge is -2.43. The van der Waals surface area contributed by atoms with Gasteiger partial charge in [0.15, 0.2) is 0 Å². The summed E-state index contributed by atoms with van der Waals surface area (Å²) in [6, 6.07) is 6.25. The summed E-state index contributed by atoms with van der Waals surface area (Å²) < 4.78 is 5.75. The van der Waals surface area contributed by atoms with Crippen LogP contribution in [-0.4, -0.2) is 37.2 Å². The number of likely N-dealkylation sites (tertiary alicyclic amines) is 1. The smallest absolute Gasteiger partial charge is 0.321 e. The van der Waals surface area contributed by atoms with E-state index < -0.39 is 0 Å². The number of hydrogen-bond acceptors (Lipinski definition) is 2. The molecule has 1 saturated carbocycles. The van der Waals surface area contributed by atoms with Gasteiger partial charge in [0.1, 0.15) is 0 Å². The van der Waals surface area contributed by atoms with Crippen LogP contribution in [0, 0.1) is 12.3 Å². The minimum absolute atomic E-state index is 0.0415. The average Bonchev–Trinajstić information content (AvgIpc) is 2.98. The van der Waals surface area contributed by atoms with Crippen molar-refractivity contribution in [3.8, 4) is 0 Å². The van der Waals surface area contributed by atoms with E-state index in [1.165, 1.54) is 24.8 Å². The molecule has 0 bridgehead atoms. The summed E-state index contributed by atoms with van der Waals surface area (Å²) in [6.07, 6.45) is 7.00. The highest BCUT2D eigenvalue weighted by molar-refractivity contribution is 5.91. The van der Waals surface area contributed by atoms with Crippen LogP contribution in [0.1, 0.15) is 50.2 Å². The van der Waals surface area contributed by atoms with Crippen molar-refractivity contribution in [1.82, 2.24) is 4.90 Å². The minimum atomic E-state index is 0.0415. The fraction of sp³-hybridized carbons (Fsp3) is 0.650. The van der Waals surface area contributed by atoms with Gasteiger partial charge in [0.05, 0.1) is 6.10 Å². The van der Waals surface area contributed by atoms with Gasteiger partial charge in [0, 0.05) is 31.3 Å². The normalized spacial score (nSPS) is 26.8. The highest BCUT2D eigenvalue weighted by atomic mass is 16.5. The zero-order chi connectivity index (χ0) is 17.2. The van der Waals surface area contributed by atoms with Gasteiger partial charge in [-0.1, -0.05) is 31.5 Å². The first-order valence-corrected chi connectivity index (χ1v) is 9.27. The monoisotopic (exact) mass is 330 g/mol. The van der Waals surface area contributed by atoms with E-state index in [4.69, 9.17) is 4.74 Å². The van der Waals surface area contributed by atoms with Gasteiger partial charge in [-0.15, -0.1) is 0 Å². The number of nitrogens with zero attached hydrogens (tertiary/aromatic N) is 1. The number of rotatable bonds is 3. The molecule has 1 aromatic carbocycles. The van der Waals surface area contributed by atoms with E-state index in [1.807, 2.05) is 12.0 Å². The number of piperidine rings is 1. The molecule has 1 saturated heterocycles. The van der Waals surface area contributed by atoms with Gasteiger partial charge < -0.3 is 15.0 Å². The van der Waals surface area contributed by atoms with Gasteiger partial charge in [-0.05, 0) is 50.2 Å². The number of para-hydroxylation sites is 1. The Morgan fingerprint density at radius 3 is 2.92 bits per heavy atom. The molecule has 2 amide bonds. The van der Waals surface area contributed by atoms with Crippen LogP contribution >= 0.6 is 0 Å². The second-order valence-corrected chi connectivity index (χ2v) is 7.40. The van der Waals surface area contributed by atoms with Crippen molar-refractivity contribution < 1.29 is 9.53 Å². The summed E-state index contributed by atoms with van der Waals surface area (Å²) in [5.74, 6) is 0. The van der Waals surface area contributed by atoms with Gasteiger partial charge in [-0.3, -0.25) is 0 Å². The molecule has 24 heavy (non-hydrogen) atoms. The molecule has 4 nitrogen and oxygen atoms in total. The number of ether oxygens (including phenoxy) is 1. The molecule has 4 heteroatoms. The Kier molecular flexibility index (Phi) is 5.14. The van der Waals surface area contributed by atoms with E-state index >= 15 is 0 Å². The van der Waals surface area contributed by atoms with E-state index in [1.54, 1.807) is 0 Å². The summed E-state index contributed by atoms with van der Waals surface area (Å²) in [5, 5.41) is 3.18. The van der Waals surface area contributed by atoms with Crippen molar-refractivity contribution in [2.45, 2.75) is 58.5 Å². The van der Waals surface area contributed by atoms with Crippen molar-refractivity contribution >= 4 is 11.7 Å². The van der Waals surface area contributed by atoms with Gasteiger partial charge in [-0.2, -0.15) is 0 Å². The Bertz CT molecular complexity index is 601. The van der Waals surface area contributed by atoms with Crippen LogP contribution in [-0.2, 0) is 11.2 Å². The number of amides is 2. The Hall–Kier alpha value is -1.55. The fourth-order valence-corrected chi connectivity index (χ4v) is 4.66. The molecule has 1 aromatic rings. The van der Waals surface area contributed by atoms with E-state index in [0.717, 1.165) is 43.6 Å². The lowest BCUT2D eigenvalue weighted by Crippen LogP contribution is -2.51. The van der Waals surface area contributed by atoms with Crippen LogP contribution < -0.4 is 5.32 Å². The Balaban J connectivity index is 1.74. The zero-order valence-electron chi connectivity index (χ0n) is 15.2. The summed E-state index contributed by atoms with van der Waals surface area (Å²) in [4.78, 5) is 14.9. The van der Waals surface area contributed by atoms with Gasteiger partial charge in [0.25, 0.3) is 0 Å². The Labute approximate surface area is 145 Å². The van der Waals surface area contributed by atoms with Crippen LogP contribution in [0.2, 0.25) is 0 Å². The van der Waals surface area contributed by atoms with Crippen molar-refractivity contribution in [2.75, 3.05) is 25.5 Å². The second-order valence-electron chi connectivity index (χ2n) is 7.40. The first-order chi connectivity index (χ1) is 11.6. The number of benzene rings is 1. The maximum absolute atomic E-state index is 12.9. The summed E-state index contributed by atoms with van der Waals surface area (Å²) in [7, 11) is 1.82. The molecule has 1 spiro atoms. The molecule has 2 aliphatic rings. The zero-order valence-corrected chi connectivity index (χ0v) is 15.2. The van der Waals surface area contributed by atoms with Crippen LogP contribution in [0.5, 0.6) is 0 Å². The van der Waals surface area contributed by atoms with Crippen LogP contribution in [0.15, 0.2) is 18.2 Å². The predicted molar refractivity (Wildman–Crippen MR) is 97.5 cm³/mol. The quantitative estimate of drug-likeness (QED) is 0.894. The number of hydrogen-bond donors (Lipinski definition) is 1. The lowest BCUT2D eigenvalue weighted by atomic mass is 9.76. The number of anilines is 1. The number of urea groups is 1. The first-order valence-electron chi connectivity index (χ1n) is 9.27. The maximum Gasteiger partial charge on any atom is 0.321 e. The van der Waals surface area contributed by atoms with Crippen LogP contribution in [0.3, 0.4) is 0 Å². The molecule has 2 fully saturated rings.